The molecule has 10 heteroatoms. The van der Waals surface area contributed by atoms with Gasteiger partial charge in [0.15, 0.2) is 5.13 Å². The minimum Gasteiger partial charge on any atom is -0.497 e. The Hall–Kier alpha value is -4.18. The maximum Gasteiger partial charge on any atom is 0.257 e. The second-order valence-corrected chi connectivity index (χ2v) is 8.10. The predicted molar refractivity (Wildman–Crippen MR) is 131 cm³/mol. The Bertz CT molecular complexity index is 1290. The average Bonchev–Trinajstić information content (AvgIpc) is 3.55. The van der Waals surface area contributed by atoms with Crippen molar-refractivity contribution in [1.29, 1.82) is 0 Å². The highest BCUT2D eigenvalue weighted by atomic mass is 32.1. The van der Waals surface area contributed by atoms with E-state index in [0.717, 1.165) is 5.56 Å². The molecule has 0 aliphatic rings. The second kappa shape index (κ2) is 10.6. The maximum atomic E-state index is 12.8. The van der Waals surface area contributed by atoms with Gasteiger partial charge in [-0.05, 0) is 36.4 Å². The Kier molecular flexibility index (Phi) is 7.19. The van der Waals surface area contributed by atoms with Crippen molar-refractivity contribution in [2.24, 2.45) is 0 Å². The van der Waals surface area contributed by atoms with Crippen LogP contribution in [-0.2, 0) is 11.3 Å². The third-order valence-electron chi connectivity index (χ3n) is 4.97. The van der Waals surface area contributed by atoms with Crippen molar-refractivity contribution in [2.45, 2.75) is 13.0 Å². The van der Waals surface area contributed by atoms with Gasteiger partial charge in [-0.15, -0.1) is 11.3 Å². The summed E-state index contributed by atoms with van der Waals surface area (Å²) in [4.78, 5) is 33.5. The van der Waals surface area contributed by atoms with E-state index in [-0.39, 0.29) is 11.8 Å². The molecule has 2 aromatic heterocycles. The summed E-state index contributed by atoms with van der Waals surface area (Å²) in [6.07, 6.45) is 5.42. The number of methoxy groups -OCH3 is 2. The molecule has 0 aliphatic carbocycles. The van der Waals surface area contributed by atoms with E-state index in [1.165, 1.54) is 11.3 Å². The first-order chi connectivity index (χ1) is 16.6. The standard InChI is InChI=1S/C24H23N5O4S/c1-32-18-6-7-21(33-2)19(13-18)20-14-34-24(27-20)28-23(31)16-4-3-5-17(12-16)26-22(30)8-10-29-11-9-25-15-29/h3-7,9,11-15H,8,10H2,1-2H3,(H,26,30)(H,27,28,31). The summed E-state index contributed by atoms with van der Waals surface area (Å²) < 4.78 is 12.5. The molecule has 0 bridgehead atoms. The molecule has 2 N–H and O–H groups in total. The Morgan fingerprint density at radius 1 is 1.09 bits per heavy atom. The molecule has 0 spiro atoms. The van der Waals surface area contributed by atoms with Gasteiger partial charge in [0.1, 0.15) is 11.5 Å². The van der Waals surface area contributed by atoms with Crippen LogP contribution in [0.4, 0.5) is 10.8 Å². The summed E-state index contributed by atoms with van der Waals surface area (Å²) >= 11 is 1.30. The minimum atomic E-state index is -0.326. The van der Waals surface area contributed by atoms with Crippen LogP contribution in [0.25, 0.3) is 11.3 Å². The molecule has 0 radical (unpaired) electrons. The summed E-state index contributed by atoms with van der Waals surface area (Å²) in [5, 5.41) is 7.91. The number of nitrogens with zero attached hydrogens (tertiary/aromatic N) is 3. The largest absolute Gasteiger partial charge is 0.497 e. The number of amides is 2. The molecule has 0 unspecified atom stereocenters. The number of hydrogen-bond acceptors (Lipinski definition) is 7. The Morgan fingerprint density at radius 2 is 1.97 bits per heavy atom. The summed E-state index contributed by atoms with van der Waals surface area (Å²) in [5.41, 5.74) is 2.38. The normalized spacial score (nSPS) is 10.5. The molecule has 2 amide bonds. The first kappa shape index (κ1) is 23.0. The first-order valence-electron chi connectivity index (χ1n) is 10.4. The number of carbonyl (C=O) groups excluding carboxylic acids is 2. The van der Waals surface area contributed by atoms with Crippen LogP contribution in [0.15, 0.2) is 66.6 Å². The molecule has 0 saturated heterocycles. The van der Waals surface area contributed by atoms with Crippen molar-refractivity contribution in [3.63, 3.8) is 0 Å². The van der Waals surface area contributed by atoms with E-state index in [1.807, 2.05) is 16.0 Å². The van der Waals surface area contributed by atoms with E-state index in [2.05, 4.69) is 20.6 Å². The monoisotopic (exact) mass is 477 g/mol. The fourth-order valence-electron chi connectivity index (χ4n) is 3.25. The number of anilines is 2. The van der Waals surface area contributed by atoms with E-state index in [4.69, 9.17) is 9.47 Å². The fourth-order valence-corrected chi connectivity index (χ4v) is 3.96. The molecule has 9 nitrogen and oxygen atoms in total. The van der Waals surface area contributed by atoms with Gasteiger partial charge < -0.3 is 19.4 Å². The van der Waals surface area contributed by atoms with Crippen LogP contribution in [0.3, 0.4) is 0 Å². The zero-order valence-electron chi connectivity index (χ0n) is 18.6. The van der Waals surface area contributed by atoms with Gasteiger partial charge in [0.25, 0.3) is 5.91 Å². The second-order valence-electron chi connectivity index (χ2n) is 7.24. The molecule has 0 saturated carbocycles. The molecule has 4 aromatic rings. The van der Waals surface area contributed by atoms with Crippen LogP contribution in [0.1, 0.15) is 16.8 Å². The number of ether oxygens (including phenoxy) is 2. The van der Waals surface area contributed by atoms with Gasteiger partial charge >= 0.3 is 0 Å². The van der Waals surface area contributed by atoms with E-state index in [1.54, 1.807) is 69.3 Å². The molecule has 2 aromatic carbocycles. The number of carbonyl (C=O) groups is 2. The summed E-state index contributed by atoms with van der Waals surface area (Å²) in [6, 6.07) is 12.2. The Morgan fingerprint density at radius 3 is 2.74 bits per heavy atom. The number of thiazole rings is 1. The smallest absolute Gasteiger partial charge is 0.257 e. The molecule has 0 fully saturated rings. The quantitative estimate of drug-likeness (QED) is 0.372. The van der Waals surface area contributed by atoms with E-state index >= 15 is 0 Å². The molecule has 4 rings (SSSR count). The summed E-state index contributed by atoms with van der Waals surface area (Å²) in [7, 11) is 3.18. The van der Waals surface area contributed by atoms with Gasteiger partial charge in [-0.1, -0.05) is 6.07 Å². The zero-order valence-corrected chi connectivity index (χ0v) is 19.5. The summed E-state index contributed by atoms with van der Waals surface area (Å²) in [6.45, 7) is 0.524. The SMILES string of the molecule is COc1ccc(OC)c(-c2csc(NC(=O)c3cccc(NC(=O)CCn4ccnc4)c3)n2)c1. The molecule has 0 aliphatic heterocycles. The van der Waals surface area contributed by atoms with Crippen molar-refractivity contribution < 1.29 is 19.1 Å². The minimum absolute atomic E-state index is 0.150. The van der Waals surface area contributed by atoms with Crippen LogP contribution in [-0.4, -0.2) is 40.6 Å². The van der Waals surface area contributed by atoms with Crippen molar-refractivity contribution in [3.8, 4) is 22.8 Å². The lowest BCUT2D eigenvalue weighted by atomic mass is 10.1. The highest BCUT2D eigenvalue weighted by Gasteiger charge is 2.14. The lowest BCUT2D eigenvalue weighted by Gasteiger charge is -2.09. The number of nitrogens with one attached hydrogen (secondary N) is 2. The Labute approximate surface area is 200 Å². The van der Waals surface area contributed by atoms with Gasteiger partial charge in [-0.3, -0.25) is 14.9 Å². The molecular formula is C24H23N5O4S. The fraction of sp³-hybridized carbons (Fsp3) is 0.167. The van der Waals surface area contributed by atoms with Crippen LogP contribution >= 0.6 is 11.3 Å². The number of hydrogen-bond donors (Lipinski definition) is 2. The highest BCUT2D eigenvalue weighted by molar-refractivity contribution is 7.14. The van der Waals surface area contributed by atoms with Gasteiger partial charge in [0, 0.05) is 47.6 Å². The number of imidazole rings is 1. The third kappa shape index (κ3) is 5.59. The number of aromatic nitrogens is 3. The van der Waals surface area contributed by atoms with E-state index in [0.29, 0.717) is 46.5 Å². The van der Waals surface area contributed by atoms with Gasteiger partial charge in [0.2, 0.25) is 5.91 Å². The van der Waals surface area contributed by atoms with Crippen LogP contribution in [0, 0.1) is 0 Å². The molecule has 2 heterocycles. The third-order valence-corrected chi connectivity index (χ3v) is 5.73. The van der Waals surface area contributed by atoms with Crippen molar-refractivity contribution >= 4 is 34.0 Å². The number of aryl methyl sites for hydroxylation is 1. The maximum absolute atomic E-state index is 12.8. The zero-order chi connectivity index (χ0) is 23.9. The molecule has 34 heavy (non-hydrogen) atoms. The lowest BCUT2D eigenvalue weighted by Crippen LogP contribution is -2.15. The van der Waals surface area contributed by atoms with Crippen molar-refractivity contribution in [2.75, 3.05) is 24.9 Å². The van der Waals surface area contributed by atoms with Gasteiger partial charge in [-0.25, -0.2) is 9.97 Å². The molecule has 0 atom stereocenters. The molecular weight excluding hydrogens is 454 g/mol. The van der Waals surface area contributed by atoms with Crippen LogP contribution < -0.4 is 20.1 Å². The average molecular weight is 478 g/mol. The van der Waals surface area contributed by atoms with Crippen LogP contribution in [0.5, 0.6) is 11.5 Å². The van der Waals surface area contributed by atoms with E-state index < -0.39 is 0 Å². The van der Waals surface area contributed by atoms with Crippen molar-refractivity contribution in [3.05, 3.63) is 72.1 Å². The van der Waals surface area contributed by atoms with Crippen LogP contribution in [0.2, 0.25) is 0 Å². The van der Waals surface area contributed by atoms with E-state index in [9.17, 15) is 9.59 Å². The van der Waals surface area contributed by atoms with Gasteiger partial charge in [0.05, 0.1) is 26.2 Å². The Balaban J connectivity index is 1.41. The van der Waals surface area contributed by atoms with Gasteiger partial charge in [-0.2, -0.15) is 0 Å². The molecule has 174 valence electrons. The number of benzene rings is 2. The number of rotatable bonds is 9. The summed E-state index contributed by atoms with van der Waals surface area (Å²) in [5.74, 6) is 0.856. The first-order valence-corrected chi connectivity index (χ1v) is 11.3. The van der Waals surface area contributed by atoms with Crippen molar-refractivity contribution in [1.82, 2.24) is 14.5 Å². The highest BCUT2D eigenvalue weighted by Crippen LogP contribution is 2.35. The lowest BCUT2D eigenvalue weighted by molar-refractivity contribution is -0.116. The predicted octanol–water partition coefficient (Wildman–Crippen LogP) is 4.30. The topological polar surface area (TPSA) is 107 Å².